The highest BCUT2D eigenvalue weighted by Gasteiger charge is 2.38. The summed E-state index contributed by atoms with van der Waals surface area (Å²) in [4.78, 5) is 74.1. The molecule has 4 atom stereocenters. The summed E-state index contributed by atoms with van der Waals surface area (Å²) in [7, 11) is 2.56. The van der Waals surface area contributed by atoms with Crippen LogP contribution in [0.4, 0.5) is 9.59 Å². The molecule has 0 aliphatic carbocycles. The molecule has 2 saturated heterocycles. The lowest BCUT2D eigenvalue weighted by atomic mass is 9.91. The normalized spacial score (nSPS) is 19.0. The fourth-order valence-electron chi connectivity index (χ4n) is 8.90. The van der Waals surface area contributed by atoms with Crippen LogP contribution in [0.2, 0.25) is 0 Å². The summed E-state index contributed by atoms with van der Waals surface area (Å²) >= 11 is 0. The largest absolute Gasteiger partial charge is 0.485 e. The molecule has 4 unspecified atom stereocenters. The van der Waals surface area contributed by atoms with Gasteiger partial charge in [0, 0.05) is 46.2 Å². The Kier molecular flexibility index (Phi) is 11.3. The molecule has 316 valence electrons. The average Bonchev–Trinajstić information content (AvgIpc) is 4.09. The molecule has 3 aromatic heterocycles. The van der Waals surface area contributed by atoms with Crippen LogP contribution >= 0.6 is 0 Å². The number of benzene rings is 2. The van der Waals surface area contributed by atoms with Crippen molar-refractivity contribution in [3.05, 3.63) is 66.0 Å². The van der Waals surface area contributed by atoms with E-state index in [2.05, 4.69) is 80.6 Å². The topological polar surface area (TPSA) is 200 Å². The highest BCUT2D eigenvalue weighted by Crippen LogP contribution is 2.49. The zero-order chi connectivity index (χ0) is 42.2. The Morgan fingerprint density at radius 1 is 0.833 bits per heavy atom. The molecular weight excluding hydrogens is 767 g/mol. The van der Waals surface area contributed by atoms with Gasteiger partial charge in [0.2, 0.25) is 11.8 Å². The highest BCUT2D eigenvalue weighted by atomic mass is 16.5. The molecule has 4 amide bonds. The molecule has 2 fully saturated rings. The minimum Gasteiger partial charge on any atom is -0.485 e. The zero-order valence-corrected chi connectivity index (χ0v) is 34.9. The molecule has 0 saturated carbocycles. The van der Waals surface area contributed by atoms with Crippen molar-refractivity contribution >= 4 is 34.9 Å². The molecule has 0 bridgehead atoms. The van der Waals surface area contributed by atoms with Crippen molar-refractivity contribution in [3.8, 4) is 39.5 Å². The lowest BCUT2D eigenvalue weighted by Gasteiger charge is -2.30. The third-order valence-electron chi connectivity index (χ3n) is 11.9. The number of carbonyl (C=O) groups is 4. The summed E-state index contributed by atoms with van der Waals surface area (Å²) in [6.07, 6.45) is 6.15. The minimum atomic E-state index is -0.706. The maximum Gasteiger partial charge on any atom is 0.407 e. The van der Waals surface area contributed by atoms with Gasteiger partial charge in [-0.25, -0.2) is 19.6 Å². The molecule has 3 aliphatic rings. The lowest BCUT2D eigenvalue weighted by Crippen LogP contribution is -2.51. The van der Waals surface area contributed by atoms with E-state index in [0.717, 1.165) is 88.1 Å². The number of nitrogens with zero attached hydrogens (tertiary/aromatic N) is 4. The van der Waals surface area contributed by atoms with Gasteiger partial charge in [-0.05, 0) is 68.2 Å². The summed E-state index contributed by atoms with van der Waals surface area (Å²) in [6.45, 7) is 9.23. The van der Waals surface area contributed by atoms with Crippen molar-refractivity contribution in [3.63, 3.8) is 0 Å². The van der Waals surface area contributed by atoms with E-state index >= 15 is 0 Å². The second-order valence-electron chi connectivity index (χ2n) is 16.6. The van der Waals surface area contributed by atoms with Crippen LogP contribution in [0.15, 0.2) is 48.8 Å². The number of amides is 4. The number of H-pyrrole nitrogens is 3. The minimum absolute atomic E-state index is 0.121. The van der Waals surface area contributed by atoms with Crippen LogP contribution in [0.5, 0.6) is 5.75 Å². The quantitative estimate of drug-likeness (QED) is 0.0918. The van der Waals surface area contributed by atoms with E-state index < -0.39 is 18.2 Å². The van der Waals surface area contributed by atoms with Crippen LogP contribution in [0, 0.1) is 11.8 Å². The van der Waals surface area contributed by atoms with E-state index in [0.29, 0.717) is 30.7 Å². The van der Waals surface area contributed by atoms with Crippen LogP contribution in [0.25, 0.3) is 44.7 Å². The second kappa shape index (κ2) is 16.7. The fraction of sp³-hybridized carbons (Fsp3) is 0.455. The van der Waals surface area contributed by atoms with E-state index in [1.807, 2.05) is 24.9 Å². The van der Waals surface area contributed by atoms with E-state index in [-0.39, 0.29) is 42.5 Å². The number of imidazole rings is 2. The van der Waals surface area contributed by atoms with Crippen molar-refractivity contribution in [2.45, 2.75) is 84.0 Å². The predicted molar refractivity (Wildman–Crippen MR) is 224 cm³/mol. The molecule has 6 heterocycles. The maximum atomic E-state index is 13.7. The van der Waals surface area contributed by atoms with Gasteiger partial charge in [-0.2, -0.15) is 0 Å². The molecule has 0 radical (unpaired) electrons. The molecule has 16 nitrogen and oxygen atoms in total. The monoisotopic (exact) mass is 819 g/mol. The van der Waals surface area contributed by atoms with Crippen molar-refractivity contribution in [1.29, 1.82) is 0 Å². The van der Waals surface area contributed by atoms with Gasteiger partial charge in [0.1, 0.15) is 36.1 Å². The highest BCUT2D eigenvalue weighted by molar-refractivity contribution is 5.96. The molecule has 0 spiro atoms. The van der Waals surface area contributed by atoms with E-state index in [4.69, 9.17) is 19.4 Å². The number of hydrogen-bond acceptors (Lipinski definition) is 9. The van der Waals surface area contributed by atoms with Gasteiger partial charge in [0.15, 0.2) is 0 Å². The smallest absolute Gasteiger partial charge is 0.407 e. The van der Waals surface area contributed by atoms with Crippen LogP contribution in [0.3, 0.4) is 0 Å². The number of ether oxygens (including phenoxy) is 3. The van der Waals surface area contributed by atoms with Crippen molar-refractivity contribution in [1.82, 2.24) is 45.4 Å². The molecule has 16 heteroatoms. The molecular formula is C44H53N9O7. The Morgan fingerprint density at radius 2 is 1.47 bits per heavy atom. The first-order valence-electron chi connectivity index (χ1n) is 20.8. The number of methoxy groups -OCH3 is 2. The van der Waals surface area contributed by atoms with E-state index in [1.165, 1.54) is 14.2 Å². The zero-order valence-electron chi connectivity index (χ0n) is 34.9. The predicted octanol–water partition coefficient (Wildman–Crippen LogP) is 7.16. The number of alkyl carbamates (subject to hydrolysis) is 2. The maximum absolute atomic E-state index is 13.7. The van der Waals surface area contributed by atoms with Crippen LogP contribution in [0.1, 0.15) is 95.2 Å². The van der Waals surface area contributed by atoms with Crippen molar-refractivity contribution in [2.75, 3.05) is 33.9 Å². The number of rotatable bonds is 11. The summed E-state index contributed by atoms with van der Waals surface area (Å²) in [6, 6.07) is 11.4. The Labute approximate surface area is 348 Å². The Balaban J connectivity index is 1.05. The number of carbonyl (C=O) groups excluding carboxylic acids is 4. The summed E-state index contributed by atoms with van der Waals surface area (Å²) < 4.78 is 16.3. The molecule has 60 heavy (non-hydrogen) atoms. The fourth-order valence-corrected chi connectivity index (χ4v) is 8.90. The van der Waals surface area contributed by atoms with Crippen molar-refractivity contribution in [2.24, 2.45) is 11.8 Å². The third kappa shape index (κ3) is 7.77. The molecule has 3 aliphatic heterocycles. The summed E-state index contributed by atoms with van der Waals surface area (Å²) in [5.41, 5.74) is 7.65. The first-order chi connectivity index (χ1) is 28.9. The molecule has 2 aromatic carbocycles. The first kappa shape index (κ1) is 40.5. The van der Waals surface area contributed by atoms with Gasteiger partial charge in [0.25, 0.3) is 0 Å². The number of aromatic amines is 3. The number of fused-ring (bicyclic) bond motifs is 5. The van der Waals surface area contributed by atoms with Crippen LogP contribution in [-0.4, -0.2) is 98.6 Å². The first-order valence-corrected chi connectivity index (χ1v) is 20.8. The molecule has 5 N–H and O–H groups in total. The number of nitrogens with one attached hydrogen (secondary N) is 5. The Morgan fingerprint density at radius 3 is 2.12 bits per heavy atom. The van der Waals surface area contributed by atoms with Gasteiger partial charge in [-0.15, -0.1) is 0 Å². The number of aromatic nitrogens is 5. The lowest BCUT2D eigenvalue weighted by molar-refractivity contribution is -0.135. The van der Waals surface area contributed by atoms with Crippen molar-refractivity contribution < 1.29 is 33.4 Å². The van der Waals surface area contributed by atoms with E-state index in [9.17, 15) is 19.2 Å². The SMILES string of the molecule is COC(=O)NCC(=O)N1CCCC1c1ncc(-c2ccc3c(c2)OC(CC(C)C)c2c-3[nH]c3ccc(-c4cnc(C5CCCN5C(=O)C(NC(=O)OC)C(C)C)[nH]4)cc23)[nH]1. The van der Waals surface area contributed by atoms with Gasteiger partial charge in [0.05, 0.1) is 55.8 Å². The molecule has 8 rings (SSSR count). The van der Waals surface area contributed by atoms with Gasteiger partial charge in [-0.1, -0.05) is 39.8 Å². The standard InChI is InChI=1S/C44H53N9O7/c1-23(2)17-35-37-28-18-25(30-20-46-41(49-30)33-10-8-16-53(33)42(55)38(24(3)4)51-44(57)59-6)12-14-29(28)48-39(37)27-13-11-26(19-34(27)60-35)31-21-45-40(50-31)32-9-7-15-52(32)36(54)22-47-43(56)58-5/h11-14,18-21,23-24,32-33,35,38,48H,7-10,15-17,22H2,1-6H3,(H,45,50)(H,46,49)(H,47,56)(H,51,57). The van der Waals surface area contributed by atoms with Gasteiger partial charge >= 0.3 is 12.2 Å². The number of likely N-dealkylation sites (tertiary alicyclic amines) is 2. The van der Waals surface area contributed by atoms with E-state index in [1.54, 1.807) is 11.1 Å². The Hall–Kier alpha value is -6.32. The number of hydrogen-bond donors (Lipinski definition) is 5. The summed E-state index contributed by atoms with van der Waals surface area (Å²) in [5, 5.41) is 6.27. The van der Waals surface area contributed by atoms with Crippen LogP contribution < -0.4 is 15.4 Å². The van der Waals surface area contributed by atoms with Gasteiger partial charge < -0.3 is 49.6 Å². The Bertz CT molecular complexity index is 2410. The average molecular weight is 820 g/mol. The second-order valence-corrected chi connectivity index (χ2v) is 16.6. The summed E-state index contributed by atoms with van der Waals surface area (Å²) in [5.74, 6) is 2.09. The van der Waals surface area contributed by atoms with Gasteiger partial charge in [-0.3, -0.25) is 9.59 Å². The molecule has 5 aromatic rings. The van der Waals surface area contributed by atoms with Crippen LogP contribution in [-0.2, 0) is 19.1 Å². The third-order valence-corrected chi connectivity index (χ3v) is 11.9.